The number of primary amides is 3. The Morgan fingerprint density at radius 3 is 1.01 bits per heavy atom. The lowest BCUT2D eigenvalue weighted by Crippen LogP contribution is -2.15. The number of carboxylic acid groups (broad SMARTS) is 1. The maximum Gasteiger partial charge on any atom is 0.310 e. The Morgan fingerprint density at radius 1 is 0.408 bits per heavy atom. The first kappa shape index (κ1) is 82.8. The number of amidine groups is 1. The molecule has 0 saturated carbocycles. The number of nitrogens with zero attached hydrogens (tertiary/aromatic N) is 3. The predicted octanol–water partition coefficient (Wildman–Crippen LogP) is 9.81. The number of Topliss-reactive ketones (excluding diaryl/α,β-unsaturated/α-hetero) is 1. The fraction of sp³-hybridized carbons (Fsp3) is 0.333. The van der Waals surface area contributed by atoms with E-state index >= 15 is 0 Å². The molecular formula is C69H83N13O21. The van der Waals surface area contributed by atoms with Crippen LogP contribution in [0.3, 0.4) is 0 Å². The van der Waals surface area contributed by atoms with Crippen LogP contribution in [0, 0.1) is 41.2 Å². The average molecular weight is 1430 g/mol. The second-order valence-corrected chi connectivity index (χ2v) is 22.5. The zero-order valence-corrected chi connectivity index (χ0v) is 56.9. The molecule has 6 aromatic carbocycles. The molecule has 16 N–H and O–H groups in total. The number of anilines is 3. The molecule has 0 aliphatic rings. The van der Waals surface area contributed by atoms with Gasteiger partial charge in [0.25, 0.3) is 17.7 Å². The number of nitro benzene ring substituents is 3. The molecule has 0 spiro atoms. The molecule has 550 valence electrons. The first-order chi connectivity index (χ1) is 49.0. The van der Waals surface area contributed by atoms with Gasteiger partial charge in [-0.3, -0.25) is 69.3 Å². The summed E-state index contributed by atoms with van der Waals surface area (Å²) in [5, 5.41) is 65.4. The molecule has 34 nitrogen and oxygen atoms in total. The Labute approximate surface area is 590 Å². The van der Waals surface area contributed by atoms with E-state index in [0.29, 0.717) is 94.0 Å². The normalized spacial score (nSPS) is 10.4. The number of hydrogen-bond donors (Lipinski definition) is 11. The average Bonchev–Trinajstić information content (AvgIpc) is 0.836. The first-order valence-electron chi connectivity index (χ1n) is 32.2. The van der Waals surface area contributed by atoms with Gasteiger partial charge in [-0.2, -0.15) is 0 Å². The van der Waals surface area contributed by atoms with Crippen LogP contribution >= 0.6 is 0 Å². The number of nitro groups is 3. The number of carboxylic acids is 1. The standard InChI is InChI=1S/C25H32N6O6.C23H25N3O9.C21H26N4O6/c1-16(26)6-2-4-12-36-21-14-17(24(29)32)8-10-19(21)30-25(33)18-9-11-20(31(34)35)22(15-18)37-13-5-3-7-23(27)28;1-14(27)4-2-10-34-19-12-15(22(24)30)6-8-17(19)25-23(31)16-7-9-18(26(32)33)20(13-16)35-11-3-5-21(28)29;1-2-3-10-30-18-12-14(20(23)26)5-7-16(18)24-21(27)15-6-8-17(25(28)29)19(13-15)31-11-4-9-22/h8-11,14-15,26H,2-7,12-13H2,1H3,(H3,27,28)(H2,29,32)(H,30,33);6-9,12-13H,2-5,10-11H2,1H3,(H2,24,30)(H,25,31)(H,28,29);5-8,12-13H,2-4,9-11,22H2,1H3,(H2,23,26)(H,24,27). The lowest BCUT2D eigenvalue weighted by Gasteiger charge is -2.14. The van der Waals surface area contributed by atoms with Gasteiger partial charge in [0, 0.05) is 94.8 Å². The van der Waals surface area contributed by atoms with Crippen molar-refractivity contribution < 1.29 is 86.7 Å². The molecular weight excluding hydrogens is 1350 g/mol. The van der Waals surface area contributed by atoms with E-state index in [2.05, 4.69) is 16.0 Å². The zero-order valence-electron chi connectivity index (χ0n) is 56.9. The largest absolute Gasteiger partial charge is 0.491 e. The number of carbonyl (C=O) groups is 8. The van der Waals surface area contributed by atoms with Crippen LogP contribution in [0.25, 0.3) is 0 Å². The molecule has 0 fully saturated rings. The van der Waals surface area contributed by atoms with Crippen LogP contribution in [-0.2, 0) is 9.59 Å². The molecule has 6 amide bonds. The topological polar surface area (TPSA) is 555 Å². The van der Waals surface area contributed by atoms with Gasteiger partial charge < -0.3 is 88.4 Å². The molecule has 0 radical (unpaired) electrons. The predicted molar refractivity (Wildman–Crippen MR) is 379 cm³/mol. The van der Waals surface area contributed by atoms with Crippen LogP contribution in [0.4, 0.5) is 34.1 Å². The minimum atomic E-state index is -1.03. The highest BCUT2D eigenvalue weighted by Gasteiger charge is 2.24. The lowest BCUT2D eigenvalue weighted by molar-refractivity contribution is -0.386. The maximum absolute atomic E-state index is 13.0. The highest BCUT2D eigenvalue weighted by atomic mass is 16.6. The van der Waals surface area contributed by atoms with E-state index in [1.165, 1.54) is 110 Å². The molecule has 6 rings (SSSR count). The van der Waals surface area contributed by atoms with E-state index in [9.17, 15) is 68.7 Å². The summed E-state index contributed by atoms with van der Waals surface area (Å²) in [6.45, 7) is 6.67. The number of carbonyl (C=O) groups excluding carboxylic acids is 7. The van der Waals surface area contributed by atoms with Crippen molar-refractivity contribution in [3.8, 4) is 34.5 Å². The fourth-order valence-corrected chi connectivity index (χ4v) is 8.82. The number of amides is 6. The molecule has 0 aromatic heterocycles. The number of hydrogen-bond acceptors (Lipinski definition) is 23. The van der Waals surface area contributed by atoms with E-state index in [4.69, 9.17) is 73.0 Å². The second kappa shape index (κ2) is 43.0. The second-order valence-electron chi connectivity index (χ2n) is 22.5. The van der Waals surface area contributed by atoms with E-state index in [-0.39, 0.29) is 136 Å². The lowest BCUT2D eigenvalue weighted by atomic mass is 10.1. The van der Waals surface area contributed by atoms with Crippen molar-refractivity contribution in [3.05, 3.63) is 173 Å². The van der Waals surface area contributed by atoms with E-state index < -0.39 is 56.2 Å². The number of benzene rings is 6. The zero-order chi connectivity index (χ0) is 76.1. The number of nitrogens with one attached hydrogen (secondary N) is 5. The molecule has 0 atom stereocenters. The molecule has 103 heavy (non-hydrogen) atoms. The van der Waals surface area contributed by atoms with Gasteiger partial charge in [-0.1, -0.05) is 13.3 Å². The van der Waals surface area contributed by atoms with Gasteiger partial charge in [0.15, 0.2) is 17.2 Å². The third-order valence-corrected chi connectivity index (χ3v) is 14.2. The Kier molecular flexibility index (Phi) is 34.6. The minimum Gasteiger partial charge on any atom is -0.491 e. The van der Waals surface area contributed by atoms with Crippen molar-refractivity contribution >= 4 is 92.9 Å². The van der Waals surface area contributed by atoms with Crippen molar-refractivity contribution in [2.45, 2.75) is 104 Å². The van der Waals surface area contributed by atoms with Gasteiger partial charge in [0.1, 0.15) is 23.0 Å². The van der Waals surface area contributed by atoms with Crippen molar-refractivity contribution in [3.63, 3.8) is 0 Å². The summed E-state index contributed by atoms with van der Waals surface area (Å²) in [6, 6.07) is 24.2. The third-order valence-electron chi connectivity index (χ3n) is 14.2. The summed E-state index contributed by atoms with van der Waals surface area (Å²) < 4.78 is 33.5. The maximum atomic E-state index is 13.0. The first-order valence-corrected chi connectivity index (χ1v) is 32.2. The van der Waals surface area contributed by atoms with Gasteiger partial charge in [-0.05, 0) is 151 Å². The number of ether oxygens (including phenoxy) is 6. The molecule has 0 heterocycles. The molecule has 0 aliphatic carbocycles. The number of unbranched alkanes of at least 4 members (excludes halogenated alkanes) is 3. The fourth-order valence-electron chi connectivity index (χ4n) is 8.82. The van der Waals surface area contributed by atoms with Crippen LogP contribution in [0.2, 0.25) is 0 Å². The van der Waals surface area contributed by atoms with E-state index in [1.807, 2.05) is 6.92 Å². The highest BCUT2D eigenvalue weighted by Crippen LogP contribution is 2.35. The summed E-state index contributed by atoms with van der Waals surface area (Å²) >= 11 is 0. The van der Waals surface area contributed by atoms with Crippen molar-refractivity contribution in [2.24, 2.45) is 28.7 Å². The summed E-state index contributed by atoms with van der Waals surface area (Å²) in [7, 11) is 0. The summed E-state index contributed by atoms with van der Waals surface area (Å²) in [6.07, 6.45) is 6.48. The monoisotopic (exact) mass is 1430 g/mol. The van der Waals surface area contributed by atoms with Crippen LogP contribution in [0.1, 0.15) is 166 Å². The summed E-state index contributed by atoms with van der Waals surface area (Å²) in [5.41, 5.74) is 28.2. The van der Waals surface area contributed by atoms with Gasteiger partial charge >= 0.3 is 23.0 Å². The SMILES string of the molecule is CC(=N)CCCCOc1cc(C(N)=O)ccc1NC(=O)c1ccc([N+](=O)[O-])c(OCCCCC(=N)N)c1.CC(=O)CCCOc1cc(C(N)=O)ccc1NC(=O)c1ccc([N+](=O)[O-])c(OCCCC(=O)O)c1.CCCCOc1cc(C(N)=O)ccc1NC(=O)c1ccc([N+](=O)[O-])c(OCCCN)c1. The summed E-state index contributed by atoms with van der Waals surface area (Å²) in [5.74, 6) is -4.22. The quantitative estimate of drug-likeness (QED) is 0.00558. The van der Waals surface area contributed by atoms with Crippen LogP contribution in [0.5, 0.6) is 34.5 Å². The van der Waals surface area contributed by atoms with Crippen LogP contribution in [0.15, 0.2) is 109 Å². The van der Waals surface area contributed by atoms with Crippen molar-refractivity contribution in [1.29, 1.82) is 10.8 Å². The molecule has 0 bridgehead atoms. The minimum absolute atomic E-state index is 0.00725. The van der Waals surface area contributed by atoms with Crippen LogP contribution in [-0.4, -0.2) is 125 Å². The molecule has 0 saturated heterocycles. The molecule has 0 unspecified atom stereocenters. The van der Waals surface area contributed by atoms with Gasteiger partial charge in [0.2, 0.25) is 17.7 Å². The Bertz CT molecular complexity index is 4050. The summed E-state index contributed by atoms with van der Waals surface area (Å²) in [4.78, 5) is 127. The smallest absolute Gasteiger partial charge is 0.310 e. The highest BCUT2D eigenvalue weighted by molar-refractivity contribution is 6.08. The molecule has 0 aliphatic heterocycles. The molecule has 6 aromatic rings. The van der Waals surface area contributed by atoms with E-state index in [0.717, 1.165) is 25.3 Å². The van der Waals surface area contributed by atoms with Crippen LogP contribution < -0.4 is 73.0 Å². The van der Waals surface area contributed by atoms with E-state index in [1.54, 1.807) is 6.92 Å². The number of ketones is 1. The number of rotatable bonds is 42. The van der Waals surface area contributed by atoms with Gasteiger partial charge in [0.05, 0.1) is 77.3 Å². The van der Waals surface area contributed by atoms with Gasteiger partial charge in [-0.25, -0.2) is 0 Å². The Morgan fingerprint density at radius 2 is 0.709 bits per heavy atom. The molecule has 34 heteroatoms. The number of aliphatic carboxylic acids is 1. The van der Waals surface area contributed by atoms with Crippen molar-refractivity contribution in [1.82, 2.24) is 0 Å². The van der Waals surface area contributed by atoms with Gasteiger partial charge in [-0.15, -0.1) is 0 Å². The Balaban J connectivity index is 0.000000329. The number of nitrogens with two attached hydrogens (primary N) is 5. The van der Waals surface area contributed by atoms with Crippen molar-refractivity contribution in [2.75, 3.05) is 62.1 Å². The third kappa shape index (κ3) is 29.0. The Hall–Kier alpha value is -12.6.